The van der Waals surface area contributed by atoms with Crippen LogP contribution in [0.25, 0.3) is 0 Å². The Balaban J connectivity index is 1.53. The maximum absolute atomic E-state index is 12.9. The van der Waals surface area contributed by atoms with Gasteiger partial charge in [-0.3, -0.25) is 15.6 Å². The molecule has 4 N–H and O–H groups in total. The number of amides is 1. The second-order valence-corrected chi connectivity index (χ2v) is 8.73. The van der Waals surface area contributed by atoms with E-state index < -0.39 is 23.5 Å². The monoisotopic (exact) mass is 453 g/mol. The number of hydrogen-bond donors (Lipinski definition) is 4. The summed E-state index contributed by atoms with van der Waals surface area (Å²) in [5.41, 5.74) is 3.33. The second kappa shape index (κ2) is 9.70. The average Bonchev–Trinajstić information content (AvgIpc) is 2.96. The van der Waals surface area contributed by atoms with E-state index in [9.17, 15) is 4.79 Å². The Labute approximate surface area is 198 Å². The summed E-state index contributed by atoms with van der Waals surface area (Å²) in [6.45, 7) is 3.77. The van der Waals surface area contributed by atoms with Crippen LogP contribution in [-0.2, 0) is 16.0 Å². The number of hydrogen-bond acceptors (Lipinski definition) is 5. The predicted octanol–water partition coefficient (Wildman–Crippen LogP) is 4.59. The molecule has 7 heteroatoms. The molecular formula is C27H27N5O2. The highest BCUT2D eigenvalue weighted by molar-refractivity contribution is 6.19. The first-order valence-electron chi connectivity index (χ1n) is 11.0. The molecule has 172 valence electrons. The van der Waals surface area contributed by atoms with Crippen LogP contribution in [0.2, 0.25) is 0 Å². The normalized spacial score (nSPS) is 15.3. The topological polar surface area (TPSA) is 110 Å². The Morgan fingerprint density at radius 1 is 0.971 bits per heavy atom. The number of ether oxygens (including phenoxy) is 1. The Kier molecular flexibility index (Phi) is 6.54. The number of fused-ring (bicyclic) bond motifs is 1. The number of nitrogens with zero attached hydrogens (tertiary/aromatic N) is 1. The molecule has 0 radical (unpaired) electrons. The van der Waals surface area contributed by atoms with Crippen LogP contribution in [0, 0.1) is 16.2 Å². The SMILES string of the molecule is CC(C)(Cc1ccccc1)C(=N)OC(=N)NC1N=C(c2ccccc2)c2ccccc2NC1=O. The Morgan fingerprint density at radius 3 is 2.29 bits per heavy atom. The second-order valence-electron chi connectivity index (χ2n) is 8.73. The van der Waals surface area contributed by atoms with Gasteiger partial charge in [-0.05, 0) is 18.1 Å². The molecule has 0 aromatic heterocycles. The third-order valence-electron chi connectivity index (χ3n) is 5.57. The minimum atomic E-state index is -1.10. The van der Waals surface area contributed by atoms with Gasteiger partial charge in [-0.15, -0.1) is 0 Å². The zero-order valence-corrected chi connectivity index (χ0v) is 19.1. The van der Waals surface area contributed by atoms with Crippen LogP contribution >= 0.6 is 0 Å². The molecule has 1 atom stereocenters. The Hall–Kier alpha value is -4.26. The van der Waals surface area contributed by atoms with Crippen LogP contribution in [0.3, 0.4) is 0 Å². The molecular weight excluding hydrogens is 426 g/mol. The van der Waals surface area contributed by atoms with Gasteiger partial charge in [0.2, 0.25) is 6.17 Å². The highest BCUT2D eigenvalue weighted by Gasteiger charge is 2.30. The summed E-state index contributed by atoms with van der Waals surface area (Å²) in [6, 6.07) is 26.4. The summed E-state index contributed by atoms with van der Waals surface area (Å²) in [6.07, 6.45) is -0.518. The van der Waals surface area contributed by atoms with Gasteiger partial charge in [0.25, 0.3) is 11.9 Å². The van der Waals surface area contributed by atoms with Gasteiger partial charge in [0, 0.05) is 16.5 Å². The fraction of sp³-hybridized carbons (Fsp3) is 0.185. The van der Waals surface area contributed by atoms with Crippen LogP contribution < -0.4 is 10.6 Å². The quantitative estimate of drug-likeness (QED) is 0.335. The zero-order valence-electron chi connectivity index (χ0n) is 19.1. The average molecular weight is 454 g/mol. The maximum Gasteiger partial charge on any atom is 0.290 e. The molecule has 34 heavy (non-hydrogen) atoms. The summed E-state index contributed by atoms with van der Waals surface area (Å²) >= 11 is 0. The standard InChI is InChI=1S/C27H27N5O2/c1-27(2,17-18-11-5-3-6-12-18)25(28)34-26(29)32-23-24(33)30-21-16-10-9-15-20(21)22(31-23)19-13-7-4-8-14-19/h3-16,23,28H,17H2,1-2H3,(H2,29,32)(H,30,33). The van der Waals surface area contributed by atoms with E-state index in [1.807, 2.05) is 98.8 Å². The van der Waals surface area contributed by atoms with Crippen molar-refractivity contribution in [2.45, 2.75) is 26.4 Å². The van der Waals surface area contributed by atoms with Crippen molar-refractivity contribution in [3.05, 3.63) is 102 Å². The number of carbonyl (C=O) groups excluding carboxylic acids is 1. The molecule has 0 aliphatic carbocycles. The molecule has 0 saturated heterocycles. The van der Waals surface area contributed by atoms with Gasteiger partial charge >= 0.3 is 0 Å². The molecule has 0 bridgehead atoms. The van der Waals surface area contributed by atoms with E-state index in [0.29, 0.717) is 17.8 Å². The van der Waals surface area contributed by atoms with Gasteiger partial charge in [-0.2, -0.15) is 0 Å². The Bertz CT molecular complexity index is 1240. The molecule has 0 saturated carbocycles. The van der Waals surface area contributed by atoms with Gasteiger partial charge in [0.1, 0.15) is 0 Å². The van der Waals surface area contributed by atoms with Crippen molar-refractivity contribution in [1.82, 2.24) is 5.32 Å². The fourth-order valence-electron chi connectivity index (χ4n) is 3.76. The molecule has 4 rings (SSSR count). The highest BCUT2D eigenvalue weighted by atomic mass is 16.5. The van der Waals surface area contributed by atoms with Gasteiger partial charge in [-0.1, -0.05) is 92.7 Å². The van der Waals surface area contributed by atoms with Gasteiger partial charge in [-0.25, -0.2) is 4.99 Å². The van der Waals surface area contributed by atoms with Crippen LogP contribution in [0.1, 0.15) is 30.5 Å². The lowest BCUT2D eigenvalue weighted by Crippen LogP contribution is -2.44. The van der Waals surface area contributed by atoms with Gasteiger partial charge in [0.15, 0.2) is 5.90 Å². The molecule has 1 unspecified atom stereocenters. The third kappa shape index (κ3) is 5.20. The number of anilines is 1. The smallest absolute Gasteiger partial charge is 0.290 e. The number of benzodiazepines with no additional fused rings is 1. The number of benzene rings is 3. The molecule has 1 aliphatic heterocycles. The number of amidine groups is 1. The maximum atomic E-state index is 12.9. The molecule has 0 fully saturated rings. The summed E-state index contributed by atoms with van der Waals surface area (Å²) < 4.78 is 5.50. The van der Waals surface area contributed by atoms with E-state index in [1.165, 1.54) is 0 Å². The lowest BCUT2D eigenvalue weighted by atomic mass is 9.85. The van der Waals surface area contributed by atoms with Crippen LogP contribution in [0.15, 0.2) is 89.9 Å². The molecule has 7 nitrogen and oxygen atoms in total. The van der Waals surface area contributed by atoms with Crippen molar-refractivity contribution >= 4 is 29.2 Å². The highest BCUT2D eigenvalue weighted by Crippen LogP contribution is 2.25. The summed E-state index contributed by atoms with van der Waals surface area (Å²) in [5, 5.41) is 22.3. The van der Waals surface area contributed by atoms with Crippen LogP contribution in [0.4, 0.5) is 5.69 Å². The largest absolute Gasteiger partial charge is 0.411 e. The van der Waals surface area contributed by atoms with Gasteiger partial charge in [0.05, 0.1) is 11.4 Å². The predicted molar refractivity (Wildman–Crippen MR) is 135 cm³/mol. The zero-order chi connectivity index (χ0) is 24.1. The van der Waals surface area contributed by atoms with E-state index in [2.05, 4.69) is 15.6 Å². The lowest BCUT2D eigenvalue weighted by Gasteiger charge is -2.26. The molecule has 3 aromatic carbocycles. The first kappa shape index (κ1) is 22.9. The molecule has 1 heterocycles. The number of nitrogens with one attached hydrogen (secondary N) is 4. The lowest BCUT2D eigenvalue weighted by molar-refractivity contribution is -0.117. The van der Waals surface area contributed by atoms with Crippen molar-refractivity contribution in [3.63, 3.8) is 0 Å². The van der Waals surface area contributed by atoms with Gasteiger partial charge < -0.3 is 15.4 Å². The van der Waals surface area contributed by atoms with E-state index >= 15 is 0 Å². The van der Waals surface area contributed by atoms with E-state index in [0.717, 1.165) is 16.7 Å². The minimum absolute atomic E-state index is 0.0709. The first-order chi connectivity index (χ1) is 16.3. The van der Waals surface area contributed by atoms with Crippen molar-refractivity contribution in [1.29, 1.82) is 10.8 Å². The van der Waals surface area contributed by atoms with Crippen molar-refractivity contribution < 1.29 is 9.53 Å². The summed E-state index contributed by atoms with van der Waals surface area (Å²) in [4.78, 5) is 17.6. The summed E-state index contributed by atoms with van der Waals surface area (Å²) in [7, 11) is 0. The molecule has 1 amide bonds. The number of rotatable bonds is 5. The van der Waals surface area contributed by atoms with Crippen LogP contribution in [-0.4, -0.2) is 29.7 Å². The summed E-state index contributed by atoms with van der Waals surface area (Å²) in [5.74, 6) is -0.486. The first-order valence-corrected chi connectivity index (χ1v) is 11.0. The third-order valence-corrected chi connectivity index (χ3v) is 5.57. The van der Waals surface area contributed by atoms with E-state index in [-0.39, 0.29) is 5.90 Å². The van der Waals surface area contributed by atoms with Crippen molar-refractivity contribution in [2.75, 3.05) is 5.32 Å². The fourth-order valence-corrected chi connectivity index (χ4v) is 3.76. The molecule has 0 spiro atoms. The molecule has 3 aromatic rings. The van der Waals surface area contributed by atoms with E-state index in [1.54, 1.807) is 0 Å². The molecule has 1 aliphatic rings. The number of carbonyl (C=O) groups is 1. The number of aliphatic imine (C=N–C) groups is 1. The van der Waals surface area contributed by atoms with Crippen LogP contribution in [0.5, 0.6) is 0 Å². The minimum Gasteiger partial charge on any atom is -0.411 e. The van der Waals surface area contributed by atoms with E-state index in [4.69, 9.17) is 15.6 Å². The van der Waals surface area contributed by atoms with Crippen molar-refractivity contribution in [3.8, 4) is 0 Å². The Morgan fingerprint density at radius 2 is 1.59 bits per heavy atom. The number of para-hydroxylation sites is 1. The van der Waals surface area contributed by atoms with Crippen molar-refractivity contribution in [2.24, 2.45) is 10.4 Å².